The molecular formula is C26H31BF4N2O. The molecule has 1 aromatic heterocycles. The van der Waals surface area contributed by atoms with Crippen LogP contribution in [0.2, 0.25) is 0 Å². The molecule has 0 saturated heterocycles. The number of carbonyl (C=O) groups is 1. The summed E-state index contributed by atoms with van der Waals surface area (Å²) in [6.07, 6.45) is 4.17. The zero-order valence-electron chi connectivity index (χ0n) is 19.6. The summed E-state index contributed by atoms with van der Waals surface area (Å²) in [5.41, 5.74) is 5.13. The van der Waals surface area contributed by atoms with Crippen LogP contribution in [-0.4, -0.2) is 19.7 Å². The number of nitrogens with zero attached hydrogens (tertiary/aromatic N) is 1. The molecular weight excluding hydrogens is 443 g/mol. The van der Waals surface area contributed by atoms with Gasteiger partial charge in [0.15, 0.2) is 0 Å². The molecule has 0 aliphatic rings. The maximum atomic E-state index is 13.1. The van der Waals surface area contributed by atoms with E-state index in [2.05, 4.69) is 66.2 Å². The first-order valence-electron chi connectivity index (χ1n) is 11.6. The lowest BCUT2D eigenvalue weighted by Gasteiger charge is -2.12. The van der Waals surface area contributed by atoms with Crippen LogP contribution in [0, 0.1) is 0 Å². The number of nitrogens with one attached hydrogen (secondary N) is 1. The smallest absolute Gasteiger partial charge is 0.418 e. The molecule has 2 aromatic carbocycles. The Morgan fingerprint density at radius 2 is 1.32 bits per heavy atom. The van der Waals surface area contributed by atoms with Crippen molar-refractivity contribution >= 4 is 13.2 Å². The highest BCUT2D eigenvalue weighted by Gasteiger charge is 2.25. The number of carbonyl (C=O) groups excluding carboxylic acids is 1. The zero-order valence-corrected chi connectivity index (χ0v) is 19.6. The van der Waals surface area contributed by atoms with Crippen molar-refractivity contribution in [2.24, 2.45) is 0 Å². The maximum Gasteiger partial charge on any atom is 0.673 e. The largest absolute Gasteiger partial charge is 0.673 e. The van der Waals surface area contributed by atoms with Gasteiger partial charge in [0.2, 0.25) is 5.69 Å². The number of halogens is 4. The van der Waals surface area contributed by atoms with Gasteiger partial charge in [-0.05, 0) is 29.7 Å². The predicted molar refractivity (Wildman–Crippen MR) is 130 cm³/mol. The van der Waals surface area contributed by atoms with E-state index >= 15 is 0 Å². The second-order valence-corrected chi connectivity index (χ2v) is 7.86. The molecule has 3 nitrogen and oxygen atoms in total. The van der Waals surface area contributed by atoms with E-state index in [9.17, 15) is 22.1 Å². The van der Waals surface area contributed by atoms with Crippen molar-refractivity contribution in [3.05, 3.63) is 78.5 Å². The summed E-state index contributed by atoms with van der Waals surface area (Å²) in [4.78, 5) is 13.1. The van der Waals surface area contributed by atoms with Gasteiger partial charge in [-0.1, -0.05) is 75.2 Å². The first-order valence-corrected chi connectivity index (χ1v) is 11.6. The second kappa shape index (κ2) is 13.5. The summed E-state index contributed by atoms with van der Waals surface area (Å²) in [5.74, 6) is 0.00418. The van der Waals surface area contributed by atoms with Gasteiger partial charge in [-0.25, -0.2) is 0 Å². The topological polar surface area (TPSA) is 33.0 Å². The molecule has 0 unspecified atom stereocenters. The van der Waals surface area contributed by atoms with Crippen molar-refractivity contribution in [2.45, 2.75) is 46.1 Å². The third-order valence-corrected chi connectivity index (χ3v) is 5.13. The fraction of sp³-hybridized carbons (Fsp3) is 0.308. The van der Waals surface area contributed by atoms with Gasteiger partial charge in [0.1, 0.15) is 6.54 Å². The average Bonchev–Trinajstić information content (AvgIpc) is 2.82. The number of hydrogen-bond acceptors (Lipinski definition) is 1. The molecule has 34 heavy (non-hydrogen) atoms. The van der Waals surface area contributed by atoms with E-state index in [0.717, 1.165) is 60.3 Å². The van der Waals surface area contributed by atoms with Crippen molar-refractivity contribution in [1.29, 1.82) is 0 Å². The minimum absolute atomic E-state index is 0.00418. The lowest BCUT2D eigenvalue weighted by atomic mass is 10.0. The highest BCUT2D eigenvalue weighted by molar-refractivity contribution is 6.50. The van der Waals surface area contributed by atoms with Crippen LogP contribution in [0.1, 0.15) is 50.0 Å². The summed E-state index contributed by atoms with van der Waals surface area (Å²) >= 11 is 0. The average molecular weight is 474 g/mol. The highest BCUT2D eigenvalue weighted by Crippen LogP contribution is 2.25. The van der Waals surface area contributed by atoms with Crippen LogP contribution in [0.15, 0.2) is 72.8 Å². The quantitative estimate of drug-likeness (QED) is 0.155. The van der Waals surface area contributed by atoms with Crippen LogP contribution in [-0.2, 0) is 6.54 Å². The Hall–Kier alpha value is -3.16. The third kappa shape index (κ3) is 9.00. The lowest BCUT2D eigenvalue weighted by molar-refractivity contribution is -0.688. The Morgan fingerprint density at radius 3 is 1.85 bits per heavy atom. The summed E-state index contributed by atoms with van der Waals surface area (Å²) in [6, 6.07) is 24.9. The monoisotopic (exact) mass is 474 g/mol. The number of hydrogen-bond donors (Lipinski definition) is 1. The van der Waals surface area contributed by atoms with Gasteiger partial charge < -0.3 is 22.6 Å². The van der Waals surface area contributed by atoms with Crippen molar-refractivity contribution < 1.29 is 26.6 Å². The molecule has 0 aliphatic carbocycles. The summed E-state index contributed by atoms with van der Waals surface area (Å²) in [6.45, 7) is 5.85. The fourth-order valence-electron chi connectivity index (χ4n) is 3.48. The molecule has 3 rings (SSSR count). The molecule has 3 aromatic rings. The first kappa shape index (κ1) is 27.1. The summed E-state index contributed by atoms with van der Waals surface area (Å²) in [7, 11) is -6.00. The zero-order chi connectivity index (χ0) is 25.0. The Morgan fingerprint density at radius 1 is 0.794 bits per heavy atom. The van der Waals surface area contributed by atoms with Gasteiger partial charge >= 0.3 is 13.2 Å². The normalized spacial score (nSPS) is 10.9. The van der Waals surface area contributed by atoms with Gasteiger partial charge in [0.05, 0.1) is 0 Å². The molecule has 0 atom stereocenters. The van der Waals surface area contributed by atoms with Gasteiger partial charge in [-0.3, -0.25) is 4.79 Å². The summed E-state index contributed by atoms with van der Waals surface area (Å²) in [5, 5.41) is 3.11. The number of benzene rings is 2. The molecule has 0 spiro atoms. The van der Waals surface area contributed by atoms with E-state index in [4.69, 9.17) is 0 Å². The van der Waals surface area contributed by atoms with Crippen molar-refractivity contribution in [2.75, 3.05) is 6.54 Å². The van der Waals surface area contributed by atoms with Gasteiger partial charge in [-0.2, -0.15) is 4.57 Å². The molecule has 1 amide bonds. The SMILES string of the molecule is CCCCNC(=O)c1cc(-c2ccccc2)cc(-c2ccccc2)[n+]1CCCC.F[B-](F)(F)F. The predicted octanol–water partition coefficient (Wildman–Crippen LogP) is 6.94. The van der Waals surface area contributed by atoms with Gasteiger partial charge in [0.25, 0.3) is 5.69 Å². The van der Waals surface area contributed by atoms with E-state index in [1.165, 1.54) is 0 Å². The minimum atomic E-state index is -6.00. The number of unbranched alkanes of at least 4 members (excludes halogenated alkanes) is 2. The van der Waals surface area contributed by atoms with Crippen LogP contribution in [0.3, 0.4) is 0 Å². The molecule has 0 saturated carbocycles. The maximum absolute atomic E-state index is 13.1. The van der Waals surface area contributed by atoms with Crippen molar-refractivity contribution in [1.82, 2.24) is 5.32 Å². The number of rotatable bonds is 9. The van der Waals surface area contributed by atoms with E-state index in [-0.39, 0.29) is 5.91 Å². The van der Waals surface area contributed by atoms with Crippen molar-refractivity contribution in [3.63, 3.8) is 0 Å². The molecule has 182 valence electrons. The van der Waals surface area contributed by atoms with Crippen LogP contribution in [0.4, 0.5) is 17.3 Å². The number of amides is 1. The summed E-state index contributed by atoms with van der Waals surface area (Å²) < 4.78 is 41.2. The first-order chi connectivity index (χ1) is 16.2. The van der Waals surface area contributed by atoms with Crippen LogP contribution < -0.4 is 9.88 Å². The number of pyridine rings is 1. The fourth-order valence-corrected chi connectivity index (χ4v) is 3.48. The Bertz CT molecular complexity index is 1020. The highest BCUT2D eigenvalue weighted by atomic mass is 19.5. The molecule has 1 N–H and O–H groups in total. The van der Waals surface area contributed by atoms with Gasteiger partial charge in [-0.15, -0.1) is 0 Å². The van der Waals surface area contributed by atoms with E-state index in [1.54, 1.807) is 0 Å². The van der Waals surface area contributed by atoms with Crippen LogP contribution >= 0.6 is 0 Å². The van der Waals surface area contributed by atoms with Crippen LogP contribution in [0.25, 0.3) is 22.4 Å². The third-order valence-electron chi connectivity index (χ3n) is 5.13. The lowest BCUT2D eigenvalue weighted by Crippen LogP contribution is -2.46. The number of aromatic nitrogens is 1. The van der Waals surface area contributed by atoms with Gasteiger partial charge in [0, 0.05) is 30.7 Å². The minimum Gasteiger partial charge on any atom is -0.418 e. The standard InChI is InChI=1S/C26H30N2O.BF4/c1-3-5-17-27-26(29)25-20-23(21-13-9-7-10-14-21)19-24(28(25)18-6-4-2)22-15-11-8-12-16-22;2-1(3,4)5/h7-16,19-20H,3-6,17-18H2,1-2H3;/q;-1/p+1. The molecule has 0 bridgehead atoms. The molecule has 1 heterocycles. The Balaban J connectivity index is 0.000000739. The van der Waals surface area contributed by atoms with E-state index < -0.39 is 7.25 Å². The molecule has 0 fully saturated rings. The molecule has 0 radical (unpaired) electrons. The Kier molecular flexibility index (Phi) is 10.8. The van der Waals surface area contributed by atoms with E-state index in [1.807, 2.05) is 30.3 Å². The Labute approximate surface area is 198 Å². The second-order valence-electron chi connectivity index (χ2n) is 7.86. The van der Waals surface area contributed by atoms with Crippen molar-refractivity contribution in [3.8, 4) is 22.4 Å². The molecule has 8 heteroatoms. The van der Waals surface area contributed by atoms with E-state index in [0.29, 0.717) is 6.54 Å². The van der Waals surface area contributed by atoms with Crippen LogP contribution in [0.5, 0.6) is 0 Å². The molecule has 0 aliphatic heterocycles.